The van der Waals surface area contributed by atoms with Crippen molar-refractivity contribution in [1.29, 1.82) is 0 Å². The molecule has 3 aromatic rings. The van der Waals surface area contributed by atoms with Gasteiger partial charge in [-0.25, -0.2) is 4.98 Å². The van der Waals surface area contributed by atoms with E-state index in [-0.39, 0.29) is 5.91 Å². The second-order valence-corrected chi connectivity index (χ2v) is 8.82. The average molecular weight is 428 g/mol. The van der Waals surface area contributed by atoms with Gasteiger partial charge in [-0.1, -0.05) is 12.1 Å². The third-order valence-electron chi connectivity index (χ3n) is 6.65. The number of anilines is 2. The fourth-order valence-corrected chi connectivity index (χ4v) is 4.65. The number of amides is 1. The van der Waals surface area contributed by atoms with Crippen molar-refractivity contribution in [2.24, 2.45) is 0 Å². The van der Waals surface area contributed by atoms with E-state index < -0.39 is 0 Å². The number of aromatic nitrogens is 1. The van der Waals surface area contributed by atoms with E-state index in [1.54, 1.807) is 0 Å². The molecule has 1 saturated heterocycles. The van der Waals surface area contributed by atoms with Gasteiger partial charge >= 0.3 is 0 Å². The first kappa shape index (κ1) is 20.5. The van der Waals surface area contributed by atoms with Gasteiger partial charge in [0, 0.05) is 61.3 Å². The highest BCUT2D eigenvalue weighted by Gasteiger charge is 2.20. The Morgan fingerprint density at radius 1 is 0.938 bits per heavy atom. The molecule has 1 fully saturated rings. The zero-order valence-corrected chi connectivity index (χ0v) is 18.7. The summed E-state index contributed by atoms with van der Waals surface area (Å²) in [5.41, 5.74) is 14.5. The average Bonchev–Trinajstić information content (AvgIpc) is 2.81. The van der Waals surface area contributed by atoms with Crippen LogP contribution in [0.1, 0.15) is 21.5 Å². The Morgan fingerprint density at radius 3 is 2.44 bits per heavy atom. The number of nitrogens with two attached hydrogens (primary N) is 1. The molecule has 0 spiro atoms. The van der Waals surface area contributed by atoms with E-state index in [9.17, 15) is 4.79 Å². The summed E-state index contributed by atoms with van der Waals surface area (Å²) in [6.45, 7) is 6.98. The first-order valence-corrected chi connectivity index (χ1v) is 11.2. The van der Waals surface area contributed by atoms with E-state index in [0.29, 0.717) is 12.4 Å². The minimum atomic E-state index is 0.00110. The maximum absolute atomic E-state index is 12.2. The first-order valence-electron chi connectivity index (χ1n) is 11.2. The van der Waals surface area contributed by atoms with Crippen molar-refractivity contribution in [3.05, 3.63) is 65.4 Å². The van der Waals surface area contributed by atoms with E-state index >= 15 is 0 Å². The van der Waals surface area contributed by atoms with Crippen LogP contribution in [-0.4, -0.2) is 55.6 Å². The number of carbonyl (C=O) groups is 1. The monoisotopic (exact) mass is 427 g/mol. The van der Waals surface area contributed by atoms with E-state index in [1.807, 2.05) is 19.2 Å². The summed E-state index contributed by atoms with van der Waals surface area (Å²) in [5.74, 6) is 0.507. The van der Waals surface area contributed by atoms with Crippen molar-refractivity contribution in [2.75, 3.05) is 50.4 Å². The molecular weight excluding hydrogens is 398 g/mol. The molecule has 5 rings (SSSR count). The van der Waals surface area contributed by atoms with Gasteiger partial charge in [-0.2, -0.15) is 0 Å². The standard InChI is InChI=1S/C26H29N5O/c1-17-13-23-19(7-8-28-26(23)32)14-22(17)24-15-20(16-29-25(24)27)18-3-5-21(6-4-18)31-11-9-30(2)10-12-31/h3-6,13-16H,7-12H2,1-2H3,(H2,27,29)(H,28,32). The highest BCUT2D eigenvalue weighted by atomic mass is 16.1. The predicted octanol–water partition coefficient (Wildman–Crippen LogP) is 3.34. The topological polar surface area (TPSA) is 74.5 Å². The Hall–Kier alpha value is -3.38. The lowest BCUT2D eigenvalue weighted by molar-refractivity contribution is 0.0946. The summed E-state index contributed by atoms with van der Waals surface area (Å²) in [6.07, 6.45) is 2.67. The molecule has 1 amide bonds. The van der Waals surface area contributed by atoms with Gasteiger partial charge in [0.05, 0.1) is 0 Å². The molecule has 1 aromatic heterocycles. The number of fused-ring (bicyclic) bond motifs is 1. The molecular formula is C26H29N5O. The predicted molar refractivity (Wildman–Crippen MR) is 130 cm³/mol. The Bertz CT molecular complexity index is 1160. The Morgan fingerprint density at radius 2 is 1.69 bits per heavy atom. The van der Waals surface area contributed by atoms with Crippen LogP contribution >= 0.6 is 0 Å². The molecule has 0 atom stereocenters. The minimum absolute atomic E-state index is 0.00110. The molecule has 2 aromatic carbocycles. The van der Waals surface area contributed by atoms with Gasteiger partial charge in [0.25, 0.3) is 5.91 Å². The lowest BCUT2D eigenvalue weighted by atomic mass is 9.90. The number of rotatable bonds is 3. The zero-order valence-electron chi connectivity index (χ0n) is 18.7. The summed E-state index contributed by atoms with van der Waals surface area (Å²) in [7, 11) is 2.17. The lowest BCUT2D eigenvalue weighted by Crippen LogP contribution is -2.44. The quantitative estimate of drug-likeness (QED) is 0.671. The van der Waals surface area contributed by atoms with Gasteiger partial charge < -0.3 is 20.9 Å². The van der Waals surface area contributed by atoms with Gasteiger partial charge in [-0.3, -0.25) is 4.79 Å². The van der Waals surface area contributed by atoms with Crippen LogP contribution in [0.2, 0.25) is 0 Å². The molecule has 6 heteroatoms. The number of likely N-dealkylation sites (N-methyl/N-ethyl adjacent to an activating group) is 1. The summed E-state index contributed by atoms with van der Waals surface area (Å²) in [6, 6.07) is 14.9. The van der Waals surface area contributed by atoms with Crippen LogP contribution in [-0.2, 0) is 6.42 Å². The third kappa shape index (κ3) is 3.82. The number of piperazine rings is 1. The van der Waals surface area contributed by atoms with Gasteiger partial charge in [0.15, 0.2) is 0 Å². The number of nitrogen functional groups attached to an aromatic ring is 1. The van der Waals surface area contributed by atoms with Crippen LogP contribution in [0.4, 0.5) is 11.5 Å². The molecule has 0 unspecified atom stereocenters. The molecule has 0 aliphatic carbocycles. The lowest BCUT2D eigenvalue weighted by Gasteiger charge is -2.34. The SMILES string of the molecule is Cc1cc2c(cc1-c1cc(-c3ccc(N4CCN(C)CC4)cc3)cnc1N)CCNC2=O. The van der Waals surface area contributed by atoms with Crippen LogP contribution in [0, 0.1) is 6.92 Å². The van der Waals surface area contributed by atoms with Crippen molar-refractivity contribution in [3.63, 3.8) is 0 Å². The largest absolute Gasteiger partial charge is 0.383 e. The molecule has 164 valence electrons. The molecule has 0 bridgehead atoms. The Kier molecular flexibility index (Phi) is 5.31. The fraction of sp³-hybridized carbons (Fsp3) is 0.308. The molecule has 2 aliphatic rings. The first-order chi connectivity index (χ1) is 15.5. The van der Waals surface area contributed by atoms with E-state index in [1.165, 1.54) is 5.69 Å². The molecule has 0 saturated carbocycles. The minimum Gasteiger partial charge on any atom is -0.383 e. The Balaban J connectivity index is 1.46. The van der Waals surface area contributed by atoms with Gasteiger partial charge in [0.1, 0.15) is 5.82 Å². The van der Waals surface area contributed by atoms with E-state index in [2.05, 4.69) is 63.5 Å². The van der Waals surface area contributed by atoms with Crippen LogP contribution in [0.25, 0.3) is 22.3 Å². The van der Waals surface area contributed by atoms with Crippen molar-refractivity contribution in [3.8, 4) is 22.3 Å². The number of nitrogens with one attached hydrogen (secondary N) is 1. The summed E-state index contributed by atoms with van der Waals surface area (Å²) in [5, 5.41) is 2.92. The molecule has 6 nitrogen and oxygen atoms in total. The molecule has 32 heavy (non-hydrogen) atoms. The summed E-state index contributed by atoms with van der Waals surface area (Å²) >= 11 is 0. The van der Waals surface area contributed by atoms with Crippen LogP contribution in [0.15, 0.2) is 48.7 Å². The highest BCUT2D eigenvalue weighted by Crippen LogP contribution is 2.34. The second kappa shape index (κ2) is 8.28. The van der Waals surface area contributed by atoms with Crippen LogP contribution in [0.3, 0.4) is 0 Å². The normalized spacial score (nSPS) is 16.6. The smallest absolute Gasteiger partial charge is 0.251 e. The van der Waals surface area contributed by atoms with Crippen LogP contribution in [0.5, 0.6) is 0 Å². The van der Waals surface area contributed by atoms with Crippen molar-refractivity contribution >= 4 is 17.4 Å². The maximum Gasteiger partial charge on any atom is 0.251 e. The zero-order chi connectivity index (χ0) is 22.2. The third-order valence-corrected chi connectivity index (χ3v) is 6.65. The number of carbonyl (C=O) groups excluding carboxylic acids is 1. The fourth-order valence-electron chi connectivity index (χ4n) is 4.65. The number of aryl methyl sites for hydroxylation is 1. The van der Waals surface area contributed by atoms with Crippen molar-refractivity contribution in [2.45, 2.75) is 13.3 Å². The summed E-state index contributed by atoms with van der Waals surface area (Å²) in [4.78, 5) is 21.5. The molecule has 3 heterocycles. The maximum atomic E-state index is 12.2. The van der Waals surface area contributed by atoms with Crippen molar-refractivity contribution in [1.82, 2.24) is 15.2 Å². The highest BCUT2D eigenvalue weighted by molar-refractivity contribution is 5.98. The van der Waals surface area contributed by atoms with Gasteiger partial charge in [-0.15, -0.1) is 0 Å². The number of benzene rings is 2. The van der Waals surface area contributed by atoms with Gasteiger partial charge in [0.2, 0.25) is 0 Å². The van der Waals surface area contributed by atoms with Crippen LogP contribution < -0.4 is 16.0 Å². The number of pyridine rings is 1. The molecule has 0 radical (unpaired) electrons. The van der Waals surface area contributed by atoms with Gasteiger partial charge in [-0.05, 0) is 73.0 Å². The number of hydrogen-bond donors (Lipinski definition) is 2. The van der Waals surface area contributed by atoms with E-state index in [0.717, 1.165) is 71.5 Å². The van der Waals surface area contributed by atoms with E-state index in [4.69, 9.17) is 5.73 Å². The molecule has 3 N–H and O–H groups in total. The number of hydrogen-bond acceptors (Lipinski definition) is 5. The summed E-state index contributed by atoms with van der Waals surface area (Å²) < 4.78 is 0. The second-order valence-electron chi connectivity index (χ2n) is 8.82. The van der Waals surface area contributed by atoms with Crippen molar-refractivity contribution < 1.29 is 4.79 Å². The molecule has 2 aliphatic heterocycles. The number of nitrogens with zero attached hydrogens (tertiary/aromatic N) is 3. The Labute approximate surface area is 189 Å².